The number of nitrogens with one attached hydrogen (secondary N) is 2. The van der Waals surface area contributed by atoms with E-state index in [1.165, 1.54) is 11.9 Å². The average molecular weight is 401 g/mol. The number of guanidine groups is 1. The van der Waals surface area contributed by atoms with Crippen LogP contribution in [0.3, 0.4) is 0 Å². The Bertz CT molecular complexity index is 762. The summed E-state index contributed by atoms with van der Waals surface area (Å²) in [5.41, 5.74) is -2.39. The van der Waals surface area contributed by atoms with Gasteiger partial charge in [0.25, 0.3) is 5.91 Å². The maximum atomic E-state index is 13.6. The Morgan fingerprint density at radius 2 is 1.93 bits per heavy atom. The lowest BCUT2D eigenvalue weighted by Gasteiger charge is -2.32. The summed E-state index contributed by atoms with van der Waals surface area (Å²) in [6, 6.07) is 1.97. The Hall–Kier alpha value is -2.32. The molecule has 0 bridgehead atoms. The van der Waals surface area contributed by atoms with E-state index >= 15 is 0 Å². The highest BCUT2D eigenvalue weighted by molar-refractivity contribution is 6.07. The number of hydrogen-bond acceptors (Lipinski definition) is 3. The van der Waals surface area contributed by atoms with E-state index in [1.807, 2.05) is 0 Å². The summed E-state index contributed by atoms with van der Waals surface area (Å²) >= 11 is 0. The van der Waals surface area contributed by atoms with Gasteiger partial charge in [-0.05, 0) is 24.5 Å². The lowest BCUT2D eigenvalue weighted by molar-refractivity contribution is -0.138. The predicted octanol–water partition coefficient (Wildman–Crippen LogP) is 3.93. The molecule has 0 radical (unpaired) electrons. The molecule has 154 valence electrons. The third-order valence-electron chi connectivity index (χ3n) is 5.45. The van der Waals surface area contributed by atoms with Gasteiger partial charge in [-0.3, -0.25) is 15.1 Å². The highest BCUT2D eigenvalue weighted by Crippen LogP contribution is 2.35. The lowest BCUT2D eigenvalue weighted by atomic mass is 9.79. The second-order valence-corrected chi connectivity index (χ2v) is 7.59. The molecule has 9 heteroatoms. The number of carbonyl (C=O) groups is 1. The van der Waals surface area contributed by atoms with Crippen LogP contribution in [-0.4, -0.2) is 36.0 Å². The first-order valence-electron chi connectivity index (χ1n) is 9.26. The van der Waals surface area contributed by atoms with Crippen molar-refractivity contribution in [2.75, 3.05) is 13.7 Å². The average Bonchev–Trinajstić information content (AvgIpc) is 2.84. The molecule has 1 saturated heterocycles. The fraction of sp³-hybridized carbons (Fsp3) is 0.579. The van der Waals surface area contributed by atoms with Crippen molar-refractivity contribution in [2.45, 2.75) is 50.2 Å². The van der Waals surface area contributed by atoms with Gasteiger partial charge in [-0.2, -0.15) is 13.2 Å². The number of benzene rings is 1. The van der Waals surface area contributed by atoms with Gasteiger partial charge in [0.05, 0.1) is 5.56 Å². The van der Waals surface area contributed by atoms with Gasteiger partial charge in [-0.25, -0.2) is 4.39 Å². The first-order chi connectivity index (χ1) is 13.1. The number of carbonyl (C=O) groups excluding carboxylic acids is 1. The second kappa shape index (κ2) is 7.60. The monoisotopic (exact) mass is 401 g/mol. The first kappa shape index (κ1) is 20.4. The van der Waals surface area contributed by atoms with Gasteiger partial charge >= 0.3 is 6.18 Å². The van der Waals surface area contributed by atoms with Gasteiger partial charge in [0, 0.05) is 13.1 Å². The van der Waals surface area contributed by atoms with Crippen molar-refractivity contribution >= 4 is 11.9 Å². The summed E-state index contributed by atoms with van der Waals surface area (Å²) in [6.45, 7) is -0.282. The van der Waals surface area contributed by atoms with Crippen molar-refractivity contribution in [3.63, 3.8) is 0 Å². The van der Waals surface area contributed by atoms with Crippen LogP contribution < -0.4 is 10.1 Å². The molecule has 1 heterocycles. The molecule has 5 nitrogen and oxygen atoms in total. The van der Waals surface area contributed by atoms with Crippen LogP contribution in [0.4, 0.5) is 17.6 Å². The van der Waals surface area contributed by atoms with Gasteiger partial charge in [0.2, 0.25) is 0 Å². The molecule has 1 aromatic rings. The van der Waals surface area contributed by atoms with Crippen molar-refractivity contribution in [3.05, 3.63) is 29.6 Å². The van der Waals surface area contributed by atoms with Gasteiger partial charge in [0.15, 0.2) is 11.5 Å². The maximum absolute atomic E-state index is 13.6. The van der Waals surface area contributed by atoms with Crippen LogP contribution in [0.25, 0.3) is 0 Å². The van der Waals surface area contributed by atoms with Gasteiger partial charge < -0.3 is 10.1 Å². The number of halogens is 4. The molecule has 1 saturated carbocycles. The molecule has 2 aliphatic rings. The largest absolute Gasteiger partial charge is 0.490 e. The van der Waals surface area contributed by atoms with Crippen molar-refractivity contribution < 1.29 is 27.1 Å². The summed E-state index contributed by atoms with van der Waals surface area (Å²) in [7, 11) is 1.46. The molecular formula is C19H23F4N3O2. The van der Waals surface area contributed by atoms with Crippen molar-refractivity contribution in [3.8, 4) is 5.75 Å². The van der Waals surface area contributed by atoms with Crippen LogP contribution in [-0.2, 0) is 11.0 Å². The Morgan fingerprint density at radius 1 is 1.25 bits per heavy atom. The highest BCUT2D eigenvalue weighted by Gasteiger charge is 2.50. The molecule has 0 aromatic heterocycles. The Labute approximate surface area is 160 Å². The Balaban J connectivity index is 1.82. The van der Waals surface area contributed by atoms with Crippen LogP contribution in [0.2, 0.25) is 0 Å². The number of rotatable bonds is 5. The minimum atomic E-state index is -4.70. The SMILES string of the molecule is CN1C(=N)NC(COc2cc(F)cc(C(F)(F)F)c2)(CC2CCCCC2)C1=O. The van der Waals surface area contributed by atoms with E-state index in [0.29, 0.717) is 18.6 Å². The summed E-state index contributed by atoms with van der Waals surface area (Å²) in [5.74, 6) is -1.56. The molecule has 1 aliphatic carbocycles. The molecule has 1 aliphatic heterocycles. The molecule has 0 spiro atoms. The minimum Gasteiger partial charge on any atom is -0.490 e. The summed E-state index contributed by atoms with van der Waals surface area (Å²) in [4.78, 5) is 14.0. The van der Waals surface area contributed by atoms with Gasteiger partial charge in [-0.15, -0.1) is 0 Å². The summed E-state index contributed by atoms with van der Waals surface area (Å²) in [6.07, 6.45) is 0.867. The normalized spacial score (nSPS) is 23.8. The third kappa shape index (κ3) is 4.23. The number of alkyl halides is 3. The maximum Gasteiger partial charge on any atom is 0.416 e. The molecule has 1 aromatic carbocycles. The smallest absolute Gasteiger partial charge is 0.416 e. The number of likely N-dealkylation sites (N-methyl/N-ethyl adjacent to an activating group) is 1. The molecule has 2 fully saturated rings. The van der Waals surface area contributed by atoms with Gasteiger partial charge in [0.1, 0.15) is 18.2 Å². The molecule has 1 unspecified atom stereocenters. The Morgan fingerprint density at radius 3 is 2.50 bits per heavy atom. The summed E-state index contributed by atoms with van der Waals surface area (Å²) in [5, 5.41) is 10.8. The van der Waals surface area contributed by atoms with Crippen LogP contribution >= 0.6 is 0 Å². The highest BCUT2D eigenvalue weighted by atomic mass is 19.4. The zero-order chi connectivity index (χ0) is 20.5. The fourth-order valence-electron chi connectivity index (χ4n) is 3.98. The predicted molar refractivity (Wildman–Crippen MR) is 94.5 cm³/mol. The Kier molecular flexibility index (Phi) is 5.54. The number of hydrogen-bond donors (Lipinski definition) is 2. The first-order valence-corrected chi connectivity index (χ1v) is 9.26. The molecule has 1 amide bonds. The van der Waals surface area contributed by atoms with Crippen LogP contribution in [0.15, 0.2) is 18.2 Å². The standard InChI is InChI=1S/C19H23F4N3O2/c1-26-16(27)18(25-17(26)24,10-12-5-3-2-4-6-12)11-28-15-8-13(19(21,22)23)7-14(20)9-15/h7-9,12H,2-6,10-11H2,1H3,(H2,24,25). The quantitative estimate of drug-likeness (QED) is 0.735. The van der Waals surface area contributed by atoms with Crippen LogP contribution in [0.5, 0.6) is 5.75 Å². The van der Waals surface area contributed by atoms with E-state index in [4.69, 9.17) is 10.1 Å². The second-order valence-electron chi connectivity index (χ2n) is 7.59. The van der Waals surface area contributed by atoms with E-state index in [1.54, 1.807) is 0 Å². The summed E-state index contributed by atoms with van der Waals surface area (Å²) < 4.78 is 57.8. The van der Waals surface area contributed by atoms with Crippen LogP contribution in [0, 0.1) is 17.1 Å². The molecule has 3 rings (SSSR count). The zero-order valence-corrected chi connectivity index (χ0v) is 15.5. The molecule has 2 N–H and O–H groups in total. The lowest BCUT2D eigenvalue weighted by Crippen LogP contribution is -2.53. The fourth-order valence-corrected chi connectivity index (χ4v) is 3.98. The number of ether oxygens (including phenoxy) is 1. The van der Waals surface area contributed by atoms with E-state index in [0.717, 1.165) is 38.2 Å². The minimum absolute atomic E-state index is 0.0837. The zero-order valence-electron chi connectivity index (χ0n) is 15.5. The molecule has 1 atom stereocenters. The number of amides is 1. The third-order valence-corrected chi connectivity index (χ3v) is 5.45. The van der Waals surface area contributed by atoms with Crippen LogP contribution in [0.1, 0.15) is 44.1 Å². The van der Waals surface area contributed by atoms with Gasteiger partial charge in [-0.1, -0.05) is 32.1 Å². The topological polar surface area (TPSA) is 65.4 Å². The molecule has 28 heavy (non-hydrogen) atoms. The van der Waals surface area contributed by atoms with Crippen molar-refractivity contribution in [1.82, 2.24) is 10.2 Å². The number of nitrogens with zero attached hydrogens (tertiary/aromatic N) is 1. The molecular weight excluding hydrogens is 378 g/mol. The van der Waals surface area contributed by atoms with E-state index in [-0.39, 0.29) is 30.1 Å². The van der Waals surface area contributed by atoms with E-state index < -0.39 is 23.1 Å². The van der Waals surface area contributed by atoms with E-state index in [2.05, 4.69) is 5.32 Å². The van der Waals surface area contributed by atoms with E-state index in [9.17, 15) is 22.4 Å². The van der Waals surface area contributed by atoms with Crippen molar-refractivity contribution in [1.29, 1.82) is 5.41 Å². The van der Waals surface area contributed by atoms with Crippen molar-refractivity contribution in [2.24, 2.45) is 5.92 Å².